The van der Waals surface area contributed by atoms with Gasteiger partial charge in [-0.05, 0) is 6.42 Å². The first-order valence-electron chi connectivity index (χ1n) is 6.25. The minimum absolute atomic E-state index is 0.0401. The second-order valence-electron chi connectivity index (χ2n) is 3.99. The Morgan fingerprint density at radius 2 is 1.56 bits per heavy atom. The van der Waals surface area contributed by atoms with Gasteiger partial charge in [0, 0.05) is 19.5 Å². The Morgan fingerprint density at radius 3 is 2.06 bits per heavy atom. The lowest BCUT2D eigenvalue weighted by molar-refractivity contribution is -0.132. The van der Waals surface area contributed by atoms with Crippen LogP contribution in [-0.4, -0.2) is 47.3 Å². The Bertz CT molecular complexity index is 168. The molecule has 0 fully saturated rings. The van der Waals surface area contributed by atoms with E-state index in [0.29, 0.717) is 19.5 Å². The fourth-order valence-corrected chi connectivity index (χ4v) is 1.64. The summed E-state index contributed by atoms with van der Waals surface area (Å²) in [5, 5.41) is 17.6. The van der Waals surface area contributed by atoms with Crippen molar-refractivity contribution < 1.29 is 15.0 Å². The van der Waals surface area contributed by atoms with Crippen molar-refractivity contribution >= 4 is 5.91 Å². The fraction of sp³-hybridized carbons (Fsp3) is 0.917. The normalized spacial score (nSPS) is 10.4. The van der Waals surface area contributed by atoms with Crippen LogP contribution in [0.25, 0.3) is 0 Å². The predicted molar refractivity (Wildman–Crippen MR) is 64.1 cm³/mol. The highest BCUT2D eigenvalue weighted by Crippen LogP contribution is 2.06. The largest absolute Gasteiger partial charge is 0.395 e. The van der Waals surface area contributed by atoms with Crippen molar-refractivity contribution in [2.75, 3.05) is 26.3 Å². The molecule has 0 heterocycles. The van der Waals surface area contributed by atoms with Gasteiger partial charge in [-0.1, -0.05) is 32.6 Å². The molecule has 96 valence electrons. The molecule has 0 aliphatic rings. The van der Waals surface area contributed by atoms with Gasteiger partial charge < -0.3 is 15.1 Å². The number of rotatable bonds is 10. The molecule has 4 heteroatoms. The molecule has 1 amide bonds. The zero-order valence-corrected chi connectivity index (χ0v) is 10.3. The molecule has 0 saturated heterocycles. The van der Waals surface area contributed by atoms with Gasteiger partial charge in [-0.25, -0.2) is 0 Å². The number of carbonyl (C=O) groups excluding carboxylic acids is 1. The van der Waals surface area contributed by atoms with Crippen LogP contribution < -0.4 is 0 Å². The molecular weight excluding hydrogens is 206 g/mol. The maximum absolute atomic E-state index is 11.7. The standard InChI is InChI=1S/C12H25NO3/c1-2-3-4-5-6-7-12(16)13(8-10-14)9-11-15/h14-15H,2-11H2,1H3. The Kier molecular flexibility index (Phi) is 10.5. The Hall–Kier alpha value is -0.610. The summed E-state index contributed by atoms with van der Waals surface area (Å²) in [6.07, 6.45) is 6.14. The van der Waals surface area contributed by atoms with Gasteiger partial charge in [-0.3, -0.25) is 4.79 Å². The molecule has 0 radical (unpaired) electrons. The fourth-order valence-electron chi connectivity index (χ4n) is 1.64. The minimum Gasteiger partial charge on any atom is -0.395 e. The molecule has 0 atom stereocenters. The van der Waals surface area contributed by atoms with Gasteiger partial charge in [-0.15, -0.1) is 0 Å². The van der Waals surface area contributed by atoms with Gasteiger partial charge in [0.25, 0.3) is 0 Å². The molecule has 0 aromatic rings. The summed E-state index contributed by atoms with van der Waals surface area (Å²) in [4.78, 5) is 13.2. The van der Waals surface area contributed by atoms with Crippen molar-refractivity contribution in [1.29, 1.82) is 0 Å². The van der Waals surface area contributed by atoms with Crippen LogP contribution in [0.2, 0.25) is 0 Å². The predicted octanol–water partition coefficient (Wildman–Crippen LogP) is 1.16. The van der Waals surface area contributed by atoms with E-state index in [2.05, 4.69) is 6.92 Å². The van der Waals surface area contributed by atoms with Crippen LogP contribution in [0.3, 0.4) is 0 Å². The first-order valence-corrected chi connectivity index (χ1v) is 6.25. The first-order chi connectivity index (χ1) is 7.76. The number of hydrogen-bond donors (Lipinski definition) is 2. The summed E-state index contributed by atoms with van der Waals surface area (Å²) in [7, 11) is 0. The lowest BCUT2D eigenvalue weighted by atomic mass is 10.1. The molecule has 0 aromatic carbocycles. The summed E-state index contributed by atoms with van der Waals surface area (Å²) in [5.41, 5.74) is 0. The van der Waals surface area contributed by atoms with Crippen molar-refractivity contribution in [3.8, 4) is 0 Å². The van der Waals surface area contributed by atoms with Gasteiger partial charge in [0.05, 0.1) is 13.2 Å². The van der Waals surface area contributed by atoms with E-state index in [4.69, 9.17) is 10.2 Å². The third-order valence-corrected chi connectivity index (χ3v) is 2.59. The maximum Gasteiger partial charge on any atom is 0.222 e. The number of aliphatic hydroxyl groups is 2. The van der Waals surface area contributed by atoms with Crippen LogP contribution in [0, 0.1) is 0 Å². The van der Waals surface area contributed by atoms with Gasteiger partial charge in [0.15, 0.2) is 0 Å². The minimum atomic E-state index is -0.0401. The molecule has 0 rings (SSSR count). The Labute approximate surface area is 98.3 Å². The summed E-state index contributed by atoms with van der Waals surface area (Å²) in [6.45, 7) is 2.74. The molecule has 2 N–H and O–H groups in total. The summed E-state index contributed by atoms with van der Waals surface area (Å²) in [6, 6.07) is 0. The maximum atomic E-state index is 11.7. The van der Waals surface area contributed by atoms with Crippen LogP contribution in [0.5, 0.6) is 0 Å². The summed E-state index contributed by atoms with van der Waals surface area (Å²) >= 11 is 0. The number of nitrogens with zero attached hydrogens (tertiary/aromatic N) is 1. The quantitative estimate of drug-likeness (QED) is 0.555. The van der Waals surface area contributed by atoms with Crippen LogP contribution in [0.4, 0.5) is 0 Å². The van der Waals surface area contributed by atoms with Gasteiger partial charge in [-0.2, -0.15) is 0 Å². The van der Waals surface area contributed by atoms with Gasteiger partial charge in [0.2, 0.25) is 5.91 Å². The monoisotopic (exact) mass is 231 g/mol. The Balaban J connectivity index is 3.65. The van der Waals surface area contributed by atoms with Crippen LogP contribution in [0.15, 0.2) is 0 Å². The van der Waals surface area contributed by atoms with Crippen LogP contribution in [-0.2, 0) is 4.79 Å². The lowest BCUT2D eigenvalue weighted by Gasteiger charge is -2.20. The van der Waals surface area contributed by atoms with Crippen molar-refractivity contribution in [2.45, 2.75) is 45.4 Å². The number of hydrogen-bond acceptors (Lipinski definition) is 3. The molecule has 0 bridgehead atoms. The zero-order valence-electron chi connectivity index (χ0n) is 10.3. The van der Waals surface area contributed by atoms with Gasteiger partial charge >= 0.3 is 0 Å². The first kappa shape index (κ1) is 15.4. The third-order valence-electron chi connectivity index (χ3n) is 2.59. The van der Waals surface area contributed by atoms with E-state index in [1.165, 1.54) is 24.2 Å². The number of aliphatic hydroxyl groups excluding tert-OH is 2. The zero-order chi connectivity index (χ0) is 12.2. The average molecular weight is 231 g/mol. The molecule has 0 aliphatic heterocycles. The molecule has 0 spiro atoms. The molecule has 0 saturated carbocycles. The van der Waals surface area contributed by atoms with Crippen molar-refractivity contribution in [3.63, 3.8) is 0 Å². The number of amides is 1. The highest BCUT2D eigenvalue weighted by atomic mass is 16.3. The molecule has 0 aromatic heterocycles. The number of unbranched alkanes of at least 4 members (excludes halogenated alkanes) is 4. The van der Waals surface area contributed by atoms with Crippen LogP contribution >= 0.6 is 0 Å². The second kappa shape index (κ2) is 10.9. The van der Waals surface area contributed by atoms with Crippen molar-refractivity contribution in [1.82, 2.24) is 4.90 Å². The van der Waals surface area contributed by atoms with E-state index in [1.807, 2.05) is 0 Å². The van der Waals surface area contributed by atoms with E-state index in [-0.39, 0.29) is 19.1 Å². The van der Waals surface area contributed by atoms with E-state index in [9.17, 15) is 4.79 Å². The Morgan fingerprint density at radius 1 is 1.00 bits per heavy atom. The number of carbonyl (C=O) groups is 1. The smallest absolute Gasteiger partial charge is 0.222 e. The van der Waals surface area contributed by atoms with E-state index in [1.54, 1.807) is 0 Å². The highest BCUT2D eigenvalue weighted by Gasteiger charge is 2.11. The third kappa shape index (κ3) is 7.65. The summed E-state index contributed by atoms with van der Waals surface area (Å²) in [5.74, 6) is 0.0413. The summed E-state index contributed by atoms with van der Waals surface area (Å²) < 4.78 is 0. The van der Waals surface area contributed by atoms with E-state index < -0.39 is 0 Å². The van der Waals surface area contributed by atoms with Crippen molar-refractivity contribution in [3.05, 3.63) is 0 Å². The molecule has 0 aliphatic carbocycles. The molecular formula is C12H25NO3. The molecule has 16 heavy (non-hydrogen) atoms. The molecule has 4 nitrogen and oxygen atoms in total. The SMILES string of the molecule is CCCCCCCC(=O)N(CCO)CCO. The van der Waals surface area contributed by atoms with E-state index >= 15 is 0 Å². The lowest BCUT2D eigenvalue weighted by Crippen LogP contribution is -2.35. The second-order valence-corrected chi connectivity index (χ2v) is 3.99. The average Bonchev–Trinajstić information content (AvgIpc) is 2.28. The van der Waals surface area contributed by atoms with E-state index in [0.717, 1.165) is 12.8 Å². The molecule has 0 unspecified atom stereocenters. The highest BCUT2D eigenvalue weighted by molar-refractivity contribution is 5.76. The topological polar surface area (TPSA) is 60.8 Å². The van der Waals surface area contributed by atoms with Gasteiger partial charge in [0.1, 0.15) is 0 Å². The van der Waals surface area contributed by atoms with Crippen LogP contribution in [0.1, 0.15) is 45.4 Å². The van der Waals surface area contributed by atoms with Crippen molar-refractivity contribution in [2.24, 2.45) is 0 Å².